The molecule has 0 unspecified atom stereocenters. The topological polar surface area (TPSA) is 54.4 Å². The number of aryl methyl sites for hydroxylation is 1. The van der Waals surface area contributed by atoms with Crippen LogP contribution >= 0.6 is 11.6 Å². The lowest BCUT2D eigenvalue weighted by atomic mass is 10.1. The maximum Gasteiger partial charge on any atom is 0.272 e. The first-order valence-corrected chi connectivity index (χ1v) is 7.47. The van der Waals surface area contributed by atoms with Crippen molar-refractivity contribution in [2.75, 3.05) is 0 Å². The van der Waals surface area contributed by atoms with Gasteiger partial charge in [0.1, 0.15) is 0 Å². The molecule has 3 aromatic rings. The van der Waals surface area contributed by atoms with Crippen LogP contribution in [0.5, 0.6) is 0 Å². The molecule has 0 saturated heterocycles. The number of pyridine rings is 1. The molecule has 0 aliphatic rings. The third-order valence-corrected chi connectivity index (χ3v) is 3.71. The van der Waals surface area contributed by atoms with Gasteiger partial charge in [0.05, 0.1) is 17.3 Å². The number of hydrogen-bond acceptors (Lipinski definition) is 3. The Labute approximate surface area is 138 Å². The van der Waals surface area contributed by atoms with Crippen molar-refractivity contribution in [1.29, 1.82) is 0 Å². The SMILES string of the molecule is Cc1cc(C(=O)NN=Cc2ccccc2Cl)c2ccccc2n1. The van der Waals surface area contributed by atoms with Gasteiger partial charge in [-0.3, -0.25) is 9.78 Å². The van der Waals surface area contributed by atoms with Crippen LogP contribution in [0, 0.1) is 6.92 Å². The fourth-order valence-electron chi connectivity index (χ4n) is 2.30. The van der Waals surface area contributed by atoms with Crippen molar-refractivity contribution in [3.63, 3.8) is 0 Å². The molecular weight excluding hydrogens is 310 g/mol. The van der Waals surface area contributed by atoms with E-state index in [-0.39, 0.29) is 5.91 Å². The molecule has 114 valence electrons. The van der Waals surface area contributed by atoms with Crippen LogP contribution in [0.2, 0.25) is 5.02 Å². The first-order chi connectivity index (χ1) is 11.1. The quantitative estimate of drug-likeness (QED) is 0.586. The van der Waals surface area contributed by atoms with E-state index in [4.69, 9.17) is 11.6 Å². The predicted octanol–water partition coefficient (Wildman–Crippen LogP) is 3.96. The molecule has 1 heterocycles. The largest absolute Gasteiger partial charge is 0.272 e. The summed E-state index contributed by atoms with van der Waals surface area (Å²) in [4.78, 5) is 16.8. The van der Waals surface area contributed by atoms with Gasteiger partial charge in [0.25, 0.3) is 5.91 Å². The molecule has 0 bridgehead atoms. The van der Waals surface area contributed by atoms with Gasteiger partial charge in [0, 0.05) is 21.7 Å². The van der Waals surface area contributed by atoms with Crippen molar-refractivity contribution in [3.05, 3.63) is 76.4 Å². The van der Waals surface area contributed by atoms with E-state index < -0.39 is 0 Å². The van der Waals surface area contributed by atoms with Crippen molar-refractivity contribution >= 4 is 34.6 Å². The van der Waals surface area contributed by atoms with E-state index >= 15 is 0 Å². The summed E-state index contributed by atoms with van der Waals surface area (Å²) in [7, 11) is 0. The van der Waals surface area contributed by atoms with E-state index in [1.165, 1.54) is 6.21 Å². The molecule has 3 rings (SSSR count). The maximum atomic E-state index is 12.4. The van der Waals surface area contributed by atoms with E-state index in [1.54, 1.807) is 12.1 Å². The van der Waals surface area contributed by atoms with E-state index in [1.807, 2.05) is 49.4 Å². The van der Waals surface area contributed by atoms with Crippen LogP contribution in [-0.4, -0.2) is 17.1 Å². The number of nitrogens with zero attached hydrogens (tertiary/aromatic N) is 2. The van der Waals surface area contributed by atoms with Gasteiger partial charge in [-0.05, 0) is 25.1 Å². The number of benzene rings is 2. The first-order valence-electron chi connectivity index (χ1n) is 7.09. The summed E-state index contributed by atoms with van der Waals surface area (Å²) in [6, 6.07) is 16.6. The fraction of sp³-hybridized carbons (Fsp3) is 0.0556. The monoisotopic (exact) mass is 323 g/mol. The lowest BCUT2D eigenvalue weighted by Crippen LogP contribution is -2.18. The van der Waals surface area contributed by atoms with Crippen LogP contribution in [0.3, 0.4) is 0 Å². The summed E-state index contributed by atoms with van der Waals surface area (Å²) >= 11 is 6.04. The molecule has 1 aromatic heterocycles. The summed E-state index contributed by atoms with van der Waals surface area (Å²) in [6.45, 7) is 1.86. The van der Waals surface area contributed by atoms with Gasteiger partial charge in [0.15, 0.2) is 0 Å². The smallest absolute Gasteiger partial charge is 0.267 e. The second-order valence-corrected chi connectivity index (χ2v) is 5.46. The van der Waals surface area contributed by atoms with Crippen LogP contribution < -0.4 is 5.43 Å². The van der Waals surface area contributed by atoms with Gasteiger partial charge in [-0.2, -0.15) is 5.10 Å². The summed E-state index contributed by atoms with van der Waals surface area (Å²) in [5.74, 6) is -0.282. The lowest BCUT2D eigenvalue weighted by Gasteiger charge is -2.06. The molecule has 23 heavy (non-hydrogen) atoms. The summed E-state index contributed by atoms with van der Waals surface area (Å²) in [6.07, 6.45) is 1.52. The molecule has 0 fully saturated rings. The van der Waals surface area contributed by atoms with Crippen molar-refractivity contribution in [2.24, 2.45) is 5.10 Å². The molecule has 0 atom stereocenters. The fourth-order valence-corrected chi connectivity index (χ4v) is 2.48. The van der Waals surface area contributed by atoms with Gasteiger partial charge < -0.3 is 0 Å². The molecule has 0 spiro atoms. The summed E-state index contributed by atoms with van der Waals surface area (Å²) in [5.41, 5.74) is 5.39. The number of rotatable bonds is 3. The predicted molar refractivity (Wildman–Crippen MR) is 93.0 cm³/mol. The summed E-state index contributed by atoms with van der Waals surface area (Å²) in [5, 5.41) is 5.36. The van der Waals surface area contributed by atoms with Gasteiger partial charge in [-0.25, -0.2) is 5.43 Å². The van der Waals surface area contributed by atoms with E-state index in [9.17, 15) is 4.79 Å². The number of carbonyl (C=O) groups is 1. The van der Waals surface area contributed by atoms with Gasteiger partial charge in [-0.1, -0.05) is 48.0 Å². The van der Waals surface area contributed by atoms with Crippen LogP contribution in [0.15, 0.2) is 59.7 Å². The Morgan fingerprint density at radius 1 is 1.17 bits per heavy atom. The number of fused-ring (bicyclic) bond motifs is 1. The molecule has 0 aliphatic heterocycles. The van der Waals surface area contributed by atoms with Gasteiger partial charge in [-0.15, -0.1) is 0 Å². The zero-order valence-corrected chi connectivity index (χ0v) is 13.2. The van der Waals surface area contributed by atoms with E-state index in [2.05, 4.69) is 15.5 Å². The molecule has 2 aromatic carbocycles. The Hall–Kier alpha value is -2.72. The second kappa shape index (κ2) is 6.58. The summed E-state index contributed by atoms with van der Waals surface area (Å²) < 4.78 is 0. The normalized spacial score (nSPS) is 11.0. The van der Waals surface area contributed by atoms with E-state index in [0.29, 0.717) is 10.6 Å². The molecule has 0 saturated carbocycles. The van der Waals surface area contributed by atoms with Crippen molar-refractivity contribution in [2.45, 2.75) is 6.92 Å². The minimum atomic E-state index is -0.282. The van der Waals surface area contributed by atoms with Crippen molar-refractivity contribution in [3.8, 4) is 0 Å². The van der Waals surface area contributed by atoms with Crippen LogP contribution in [-0.2, 0) is 0 Å². The van der Waals surface area contributed by atoms with Gasteiger partial charge in [0.2, 0.25) is 0 Å². The van der Waals surface area contributed by atoms with Crippen molar-refractivity contribution in [1.82, 2.24) is 10.4 Å². The third-order valence-electron chi connectivity index (χ3n) is 3.36. The number of hydrogen-bond donors (Lipinski definition) is 1. The number of amides is 1. The third kappa shape index (κ3) is 3.38. The zero-order valence-electron chi connectivity index (χ0n) is 12.5. The Morgan fingerprint density at radius 2 is 1.91 bits per heavy atom. The molecule has 4 nitrogen and oxygen atoms in total. The second-order valence-electron chi connectivity index (χ2n) is 5.05. The number of aromatic nitrogens is 1. The Morgan fingerprint density at radius 3 is 2.74 bits per heavy atom. The first kappa shape index (κ1) is 15.2. The number of halogens is 1. The standard InChI is InChI=1S/C18H14ClN3O/c1-12-10-15(14-7-3-5-9-17(14)21-12)18(23)22-20-11-13-6-2-4-8-16(13)19/h2-11H,1H3,(H,22,23). The Balaban J connectivity index is 1.86. The number of carbonyl (C=O) groups excluding carboxylic acids is 1. The van der Waals surface area contributed by atoms with E-state index in [0.717, 1.165) is 22.2 Å². The van der Waals surface area contributed by atoms with Crippen molar-refractivity contribution < 1.29 is 4.79 Å². The highest BCUT2D eigenvalue weighted by Crippen LogP contribution is 2.18. The average molecular weight is 324 g/mol. The highest BCUT2D eigenvalue weighted by molar-refractivity contribution is 6.33. The Kier molecular flexibility index (Phi) is 4.35. The van der Waals surface area contributed by atoms with Crippen LogP contribution in [0.1, 0.15) is 21.6 Å². The molecule has 1 amide bonds. The number of para-hydroxylation sites is 1. The average Bonchev–Trinajstić information content (AvgIpc) is 2.55. The molecule has 0 radical (unpaired) electrons. The highest BCUT2D eigenvalue weighted by Gasteiger charge is 2.11. The lowest BCUT2D eigenvalue weighted by molar-refractivity contribution is 0.0956. The molecule has 0 aliphatic carbocycles. The molecular formula is C18H14ClN3O. The zero-order chi connectivity index (χ0) is 16.2. The minimum absolute atomic E-state index is 0.282. The van der Waals surface area contributed by atoms with Crippen LogP contribution in [0.4, 0.5) is 0 Å². The van der Waals surface area contributed by atoms with Crippen LogP contribution in [0.25, 0.3) is 10.9 Å². The van der Waals surface area contributed by atoms with Gasteiger partial charge >= 0.3 is 0 Å². The molecule has 5 heteroatoms. The maximum absolute atomic E-state index is 12.4. The Bertz CT molecular complexity index is 906. The number of hydrazone groups is 1. The minimum Gasteiger partial charge on any atom is -0.267 e. The number of nitrogens with one attached hydrogen (secondary N) is 1. The highest BCUT2D eigenvalue weighted by atomic mass is 35.5. The molecule has 1 N–H and O–H groups in total.